The number of hydrogen-bond acceptors (Lipinski definition) is 2. The Labute approximate surface area is 147 Å². The van der Waals surface area contributed by atoms with Crippen LogP contribution in [-0.4, -0.2) is 17.7 Å². The molecule has 2 aliphatic rings. The van der Waals surface area contributed by atoms with Gasteiger partial charge in [0.15, 0.2) is 5.78 Å². The molecule has 0 saturated carbocycles. The van der Waals surface area contributed by atoms with E-state index in [1.807, 2.05) is 12.2 Å². The van der Waals surface area contributed by atoms with Crippen molar-refractivity contribution in [1.82, 2.24) is 4.90 Å². The number of carbonyl (C=O) groups is 1. The smallest absolute Gasteiger partial charge is 0.179 e. The molecule has 2 rings (SSSR count). The van der Waals surface area contributed by atoms with Gasteiger partial charge in [0.25, 0.3) is 0 Å². The van der Waals surface area contributed by atoms with Crippen LogP contribution < -0.4 is 0 Å². The summed E-state index contributed by atoms with van der Waals surface area (Å²) in [7, 11) is 2.06. The number of carbonyl (C=O) groups excluding carboxylic acids is 1. The molecule has 2 heteroatoms. The molecule has 0 radical (unpaired) electrons. The fourth-order valence-electron chi connectivity index (χ4n) is 3.55. The van der Waals surface area contributed by atoms with E-state index in [-0.39, 0.29) is 16.6 Å². The highest BCUT2D eigenvalue weighted by Gasteiger charge is 2.35. The summed E-state index contributed by atoms with van der Waals surface area (Å²) in [5.41, 5.74) is 7.09. The first-order valence-corrected chi connectivity index (χ1v) is 8.65. The van der Waals surface area contributed by atoms with Crippen LogP contribution in [0.5, 0.6) is 0 Å². The Morgan fingerprint density at radius 1 is 0.750 bits per heavy atom. The van der Waals surface area contributed by atoms with Gasteiger partial charge in [-0.1, -0.05) is 41.5 Å². The van der Waals surface area contributed by atoms with Crippen LogP contribution in [-0.2, 0) is 4.79 Å². The average Bonchev–Trinajstić information content (AvgIpc) is 2.36. The first kappa shape index (κ1) is 18.5. The molecule has 0 amide bonds. The predicted octanol–water partition coefficient (Wildman–Crippen LogP) is 5.56. The van der Waals surface area contributed by atoms with Crippen LogP contribution in [0.1, 0.15) is 55.4 Å². The number of hydrogen-bond donors (Lipinski definition) is 0. The van der Waals surface area contributed by atoms with Gasteiger partial charge in [-0.05, 0) is 70.3 Å². The molecule has 0 aromatic heterocycles. The summed E-state index contributed by atoms with van der Waals surface area (Å²) in [5, 5.41) is 0. The summed E-state index contributed by atoms with van der Waals surface area (Å²) in [5.74, 6) is 0.102. The molecule has 0 N–H and O–H groups in total. The Kier molecular flexibility index (Phi) is 4.56. The lowest BCUT2D eigenvalue weighted by molar-refractivity contribution is -0.110. The largest absolute Gasteiger partial charge is 0.357 e. The molecule has 0 bridgehead atoms. The molecule has 0 fully saturated rings. The third kappa shape index (κ3) is 3.48. The molecule has 0 aromatic carbocycles. The lowest BCUT2D eigenvalue weighted by atomic mass is 9.67. The summed E-state index contributed by atoms with van der Waals surface area (Å²) in [6.45, 7) is 17.4. The Bertz CT molecular complexity index is 667. The lowest BCUT2D eigenvalue weighted by Gasteiger charge is -2.37. The highest BCUT2D eigenvalue weighted by Crippen LogP contribution is 2.47. The van der Waals surface area contributed by atoms with Crippen molar-refractivity contribution in [2.75, 3.05) is 7.05 Å². The maximum Gasteiger partial charge on any atom is 0.179 e. The van der Waals surface area contributed by atoms with Gasteiger partial charge < -0.3 is 4.90 Å². The second kappa shape index (κ2) is 5.91. The van der Waals surface area contributed by atoms with Crippen molar-refractivity contribution in [3.8, 4) is 0 Å². The molecule has 0 aromatic rings. The van der Waals surface area contributed by atoms with Crippen molar-refractivity contribution >= 4 is 5.78 Å². The van der Waals surface area contributed by atoms with Gasteiger partial charge >= 0.3 is 0 Å². The van der Waals surface area contributed by atoms with E-state index in [4.69, 9.17) is 0 Å². The van der Waals surface area contributed by atoms with Crippen LogP contribution in [0.3, 0.4) is 0 Å². The average molecular weight is 325 g/mol. The molecule has 0 saturated heterocycles. The van der Waals surface area contributed by atoms with Gasteiger partial charge in [0.05, 0.1) is 0 Å². The molecule has 0 atom stereocenters. The van der Waals surface area contributed by atoms with Gasteiger partial charge in [0.2, 0.25) is 0 Å². The van der Waals surface area contributed by atoms with Crippen molar-refractivity contribution in [3.63, 3.8) is 0 Å². The van der Waals surface area contributed by atoms with E-state index in [0.29, 0.717) is 0 Å². The molecule has 1 aliphatic heterocycles. The SMILES string of the molecule is CC1=CN(C)C=C(C)C1=C1C(C(C)(C)C)=CC(=O)C=C1C(C)(C)C. The third-order valence-electron chi connectivity index (χ3n) is 4.56. The monoisotopic (exact) mass is 325 g/mol. The molecular formula is C22H31NO. The van der Waals surface area contributed by atoms with E-state index in [1.165, 1.54) is 22.3 Å². The minimum atomic E-state index is -0.0906. The standard InChI is InChI=1S/C22H31NO/c1-14-12-23(9)13-15(2)19(14)20-17(21(3,4)5)10-16(24)11-18(20)22(6,7)8/h10-13H,1-9H3. The van der Waals surface area contributed by atoms with E-state index in [2.05, 4.69) is 79.7 Å². The van der Waals surface area contributed by atoms with Crippen molar-refractivity contribution in [1.29, 1.82) is 0 Å². The lowest BCUT2D eigenvalue weighted by Crippen LogP contribution is -2.26. The second-order valence-corrected chi connectivity index (χ2v) is 9.06. The van der Waals surface area contributed by atoms with Crippen LogP contribution in [0.25, 0.3) is 0 Å². The minimum absolute atomic E-state index is 0.0906. The molecule has 0 unspecified atom stereocenters. The Hall–Kier alpha value is -1.83. The Morgan fingerprint density at radius 3 is 1.46 bits per heavy atom. The number of nitrogens with zero attached hydrogens (tertiary/aromatic N) is 1. The van der Waals surface area contributed by atoms with Crippen molar-refractivity contribution < 1.29 is 4.79 Å². The molecule has 0 spiro atoms. The zero-order chi connectivity index (χ0) is 18.4. The Balaban J connectivity index is 2.87. The van der Waals surface area contributed by atoms with E-state index in [0.717, 1.165) is 11.1 Å². The highest BCUT2D eigenvalue weighted by atomic mass is 16.1. The van der Waals surface area contributed by atoms with Crippen molar-refractivity contribution in [2.24, 2.45) is 10.8 Å². The molecule has 1 heterocycles. The number of allylic oxidation sites excluding steroid dienone is 8. The molecule has 1 aliphatic carbocycles. The summed E-state index contributed by atoms with van der Waals surface area (Å²) >= 11 is 0. The first-order chi connectivity index (χ1) is 10.8. The van der Waals surface area contributed by atoms with Gasteiger partial charge in [-0.3, -0.25) is 4.79 Å². The zero-order valence-corrected chi connectivity index (χ0v) is 16.7. The summed E-state index contributed by atoms with van der Waals surface area (Å²) in [4.78, 5) is 14.5. The number of rotatable bonds is 0. The normalized spacial score (nSPS) is 19.9. The van der Waals surface area contributed by atoms with Crippen LogP contribution >= 0.6 is 0 Å². The summed E-state index contributed by atoms with van der Waals surface area (Å²) in [6.07, 6.45) is 7.98. The summed E-state index contributed by atoms with van der Waals surface area (Å²) in [6, 6.07) is 0. The maximum absolute atomic E-state index is 12.4. The van der Waals surface area contributed by atoms with Gasteiger partial charge in [0.1, 0.15) is 0 Å². The quantitative estimate of drug-likeness (QED) is 0.581. The number of ketones is 1. The van der Waals surface area contributed by atoms with Crippen molar-refractivity contribution in [2.45, 2.75) is 55.4 Å². The zero-order valence-electron chi connectivity index (χ0n) is 16.7. The second-order valence-electron chi connectivity index (χ2n) is 9.06. The van der Waals surface area contributed by atoms with Crippen LogP contribution in [0.2, 0.25) is 0 Å². The topological polar surface area (TPSA) is 20.3 Å². The summed E-state index contributed by atoms with van der Waals surface area (Å²) < 4.78 is 0. The van der Waals surface area contributed by atoms with Gasteiger partial charge in [-0.2, -0.15) is 0 Å². The van der Waals surface area contributed by atoms with E-state index in [9.17, 15) is 4.79 Å². The van der Waals surface area contributed by atoms with Crippen LogP contribution in [0.4, 0.5) is 0 Å². The maximum atomic E-state index is 12.4. The van der Waals surface area contributed by atoms with E-state index < -0.39 is 0 Å². The predicted molar refractivity (Wildman–Crippen MR) is 102 cm³/mol. The van der Waals surface area contributed by atoms with E-state index >= 15 is 0 Å². The Morgan fingerprint density at radius 2 is 1.12 bits per heavy atom. The van der Waals surface area contributed by atoms with E-state index in [1.54, 1.807) is 0 Å². The van der Waals surface area contributed by atoms with Gasteiger partial charge in [-0.25, -0.2) is 0 Å². The molecular weight excluding hydrogens is 294 g/mol. The van der Waals surface area contributed by atoms with Crippen molar-refractivity contribution in [3.05, 3.63) is 58.0 Å². The fraction of sp³-hybridized carbons (Fsp3) is 0.500. The first-order valence-electron chi connectivity index (χ1n) is 8.65. The molecule has 130 valence electrons. The molecule has 2 nitrogen and oxygen atoms in total. The van der Waals surface area contributed by atoms with Gasteiger partial charge in [0, 0.05) is 19.4 Å². The van der Waals surface area contributed by atoms with Crippen LogP contribution in [0, 0.1) is 10.8 Å². The fourth-order valence-corrected chi connectivity index (χ4v) is 3.55. The minimum Gasteiger partial charge on any atom is -0.357 e. The van der Waals surface area contributed by atoms with Crippen LogP contribution in [0.15, 0.2) is 58.0 Å². The molecule has 24 heavy (non-hydrogen) atoms. The highest BCUT2D eigenvalue weighted by molar-refractivity contribution is 6.04. The third-order valence-corrected chi connectivity index (χ3v) is 4.56. The van der Waals surface area contributed by atoms with Gasteiger partial charge in [-0.15, -0.1) is 0 Å².